The SMILES string of the molecule is CC1(C(=O)NC(C2CC2)C2CC2)CCNC1. The van der Waals surface area contributed by atoms with Crippen LogP contribution in [0, 0.1) is 17.3 Å². The first-order valence-corrected chi connectivity index (χ1v) is 6.71. The van der Waals surface area contributed by atoms with Crippen molar-refractivity contribution in [3.63, 3.8) is 0 Å². The Morgan fingerprint density at radius 3 is 2.38 bits per heavy atom. The molecule has 2 aliphatic carbocycles. The summed E-state index contributed by atoms with van der Waals surface area (Å²) in [6.07, 6.45) is 6.31. The zero-order chi connectivity index (χ0) is 11.2. The van der Waals surface area contributed by atoms with E-state index in [1.165, 1.54) is 25.7 Å². The highest BCUT2D eigenvalue weighted by molar-refractivity contribution is 5.83. The number of amides is 1. The fraction of sp³-hybridized carbons (Fsp3) is 0.923. The molecule has 90 valence electrons. The summed E-state index contributed by atoms with van der Waals surface area (Å²) in [4.78, 5) is 12.3. The van der Waals surface area contributed by atoms with Crippen LogP contribution in [-0.4, -0.2) is 25.0 Å². The van der Waals surface area contributed by atoms with E-state index in [4.69, 9.17) is 0 Å². The summed E-state index contributed by atoms with van der Waals surface area (Å²) in [5.41, 5.74) is -0.151. The van der Waals surface area contributed by atoms with Gasteiger partial charge in [-0.1, -0.05) is 0 Å². The van der Waals surface area contributed by atoms with Crippen molar-refractivity contribution in [1.29, 1.82) is 0 Å². The van der Waals surface area contributed by atoms with Crippen LogP contribution in [0.15, 0.2) is 0 Å². The number of hydrogen-bond acceptors (Lipinski definition) is 2. The Hall–Kier alpha value is -0.570. The number of carbonyl (C=O) groups excluding carboxylic acids is 1. The van der Waals surface area contributed by atoms with Gasteiger partial charge in [-0.3, -0.25) is 4.79 Å². The van der Waals surface area contributed by atoms with Crippen LogP contribution < -0.4 is 10.6 Å². The Bertz CT molecular complexity index is 276. The molecule has 3 rings (SSSR count). The lowest BCUT2D eigenvalue weighted by molar-refractivity contribution is -0.130. The molecule has 0 spiro atoms. The number of carbonyl (C=O) groups is 1. The van der Waals surface area contributed by atoms with Gasteiger partial charge in [0.25, 0.3) is 0 Å². The number of hydrogen-bond donors (Lipinski definition) is 2. The maximum atomic E-state index is 12.3. The highest BCUT2D eigenvalue weighted by Crippen LogP contribution is 2.45. The van der Waals surface area contributed by atoms with Gasteiger partial charge in [0.2, 0.25) is 5.91 Å². The van der Waals surface area contributed by atoms with Crippen molar-refractivity contribution in [2.45, 2.75) is 45.1 Å². The lowest BCUT2D eigenvalue weighted by Gasteiger charge is -2.26. The molecule has 3 fully saturated rings. The average Bonchev–Trinajstić information content (AvgIpc) is 3.16. The third kappa shape index (κ3) is 1.97. The summed E-state index contributed by atoms with van der Waals surface area (Å²) >= 11 is 0. The van der Waals surface area contributed by atoms with Crippen LogP contribution in [0.1, 0.15) is 39.0 Å². The molecule has 1 atom stereocenters. The largest absolute Gasteiger partial charge is 0.352 e. The maximum absolute atomic E-state index is 12.3. The number of rotatable bonds is 4. The maximum Gasteiger partial charge on any atom is 0.227 e. The highest BCUT2D eigenvalue weighted by atomic mass is 16.2. The smallest absolute Gasteiger partial charge is 0.227 e. The molecule has 16 heavy (non-hydrogen) atoms. The van der Waals surface area contributed by atoms with Crippen LogP contribution in [0.3, 0.4) is 0 Å². The Balaban J connectivity index is 1.61. The second kappa shape index (κ2) is 3.73. The van der Waals surface area contributed by atoms with Crippen molar-refractivity contribution in [2.24, 2.45) is 17.3 Å². The molecule has 2 N–H and O–H groups in total. The Kier molecular flexibility index (Phi) is 2.46. The standard InChI is InChI=1S/C13H22N2O/c1-13(6-7-14-8-13)12(16)15-11(9-2-3-9)10-4-5-10/h9-11,14H,2-8H2,1H3,(H,15,16). The summed E-state index contributed by atoms with van der Waals surface area (Å²) < 4.78 is 0. The van der Waals surface area contributed by atoms with Crippen molar-refractivity contribution >= 4 is 5.91 Å². The molecule has 1 unspecified atom stereocenters. The molecule has 0 aromatic heterocycles. The molecule has 0 aromatic carbocycles. The molecule has 1 saturated heterocycles. The third-order valence-corrected chi connectivity index (χ3v) is 4.47. The zero-order valence-electron chi connectivity index (χ0n) is 10.1. The lowest BCUT2D eigenvalue weighted by atomic mass is 9.88. The molecule has 1 amide bonds. The van der Waals surface area contributed by atoms with Gasteiger partial charge in [0.1, 0.15) is 0 Å². The monoisotopic (exact) mass is 222 g/mol. The molecule has 1 heterocycles. The van der Waals surface area contributed by atoms with Crippen molar-refractivity contribution in [2.75, 3.05) is 13.1 Å². The fourth-order valence-corrected chi connectivity index (χ4v) is 2.87. The van der Waals surface area contributed by atoms with Crippen LogP contribution in [0.5, 0.6) is 0 Å². The Labute approximate surface area is 97.4 Å². The first-order chi connectivity index (χ1) is 7.69. The molecule has 3 nitrogen and oxygen atoms in total. The molecule has 0 radical (unpaired) electrons. The van der Waals surface area contributed by atoms with Crippen molar-refractivity contribution < 1.29 is 4.79 Å². The van der Waals surface area contributed by atoms with Gasteiger partial charge in [0.15, 0.2) is 0 Å². The van der Waals surface area contributed by atoms with Gasteiger partial charge < -0.3 is 10.6 Å². The minimum Gasteiger partial charge on any atom is -0.352 e. The van der Waals surface area contributed by atoms with E-state index in [9.17, 15) is 4.79 Å². The number of nitrogens with one attached hydrogen (secondary N) is 2. The van der Waals surface area contributed by atoms with Crippen LogP contribution in [0.4, 0.5) is 0 Å². The van der Waals surface area contributed by atoms with Crippen molar-refractivity contribution in [3.05, 3.63) is 0 Å². The lowest BCUT2D eigenvalue weighted by Crippen LogP contribution is -2.47. The molecule has 0 aromatic rings. The normalized spacial score (nSPS) is 34.4. The zero-order valence-corrected chi connectivity index (χ0v) is 10.1. The van der Waals surface area contributed by atoms with Gasteiger partial charge >= 0.3 is 0 Å². The molecule has 3 aliphatic rings. The van der Waals surface area contributed by atoms with Gasteiger partial charge in [0.05, 0.1) is 5.41 Å². The van der Waals surface area contributed by atoms with E-state index in [0.29, 0.717) is 11.9 Å². The molecule has 2 saturated carbocycles. The van der Waals surface area contributed by atoms with Gasteiger partial charge in [-0.25, -0.2) is 0 Å². The van der Waals surface area contributed by atoms with Crippen LogP contribution in [0.2, 0.25) is 0 Å². The van der Waals surface area contributed by atoms with E-state index in [-0.39, 0.29) is 5.41 Å². The van der Waals surface area contributed by atoms with E-state index in [1.54, 1.807) is 0 Å². The first kappa shape index (κ1) is 10.6. The average molecular weight is 222 g/mol. The predicted molar refractivity (Wildman–Crippen MR) is 63.0 cm³/mol. The van der Waals surface area contributed by atoms with Gasteiger partial charge in [0, 0.05) is 12.6 Å². The molecule has 1 aliphatic heterocycles. The topological polar surface area (TPSA) is 41.1 Å². The van der Waals surface area contributed by atoms with E-state index in [0.717, 1.165) is 31.3 Å². The van der Waals surface area contributed by atoms with Crippen LogP contribution >= 0.6 is 0 Å². The Morgan fingerprint density at radius 2 is 1.94 bits per heavy atom. The Morgan fingerprint density at radius 1 is 1.31 bits per heavy atom. The van der Waals surface area contributed by atoms with Crippen molar-refractivity contribution in [3.8, 4) is 0 Å². The predicted octanol–water partition coefficient (Wildman–Crippen LogP) is 1.29. The van der Waals surface area contributed by atoms with Gasteiger partial charge in [-0.15, -0.1) is 0 Å². The summed E-state index contributed by atoms with van der Waals surface area (Å²) in [7, 11) is 0. The second-order valence-corrected chi connectivity index (χ2v) is 6.16. The quantitative estimate of drug-likeness (QED) is 0.752. The molecular weight excluding hydrogens is 200 g/mol. The van der Waals surface area contributed by atoms with Crippen LogP contribution in [-0.2, 0) is 4.79 Å². The van der Waals surface area contributed by atoms with Crippen molar-refractivity contribution in [1.82, 2.24) is 10.6 Å². The van der Waals surface area contributed by atoms with E-state index >= 15 is 0 Å². The van der Waals surface area contributed by atoms with Gasteiger partial charge in [-0.05, 0) is 57.4 Å². The highest BCUT2D eigenvalue weighted by Gasteiger charge is 2.45. The van der Waals surface area contributed by atoms with E-state index in [1.807, 2.05) is 0 Å². The first-order valence-electron chi connectivity index (χ1n) is 6.71. The minimum absolute atomic E-state index is 0.151. The third-order valence-electron chi connectivity index (χ3n) is 4.47. The van der Waals surface area contributed by atoms with Crippen LogP contribution in [0.25, 0.3) is 0 Å². The summed E-state index contributed by atoms with van der Waals surface area (Å²) in [6.45, 7) is 3.93. The molecule has 0 bridgehead atoms. The summed E-state index contributed by atoms with van der Waals surface area (Å²) in [6, 6.07) is 0.505. The van der Waals surface area contributed by atoms with Gasteiger partial charge in [-0.2, -0.15) is 0 Å². The van der Waals surface area contributed by atoms with E-state index < -0.39 is 0 Å². The molecular formula is C13H22N2O. The summed E-state index contributed by atoms with van der Waals surface area (Å²) in [5, 5.41) is 6.64. The second-order valence-electron chi connectivity index (χ2n) is 6.16. The summed E-state index contributed by atoms with van der Waals surface area (Å²) in [5.74, 6) is 1.89. The van der Waals surface area contributed by atoms with E-state index in [2.05, 4.69) is 17.6 Å². The minimum atomic E-state index is -0.151. The molecule has 3 heteroatoms. The fourth-order valence-electron chi connectivity index (χ4n) is 2.87.